The second kappa shape index (κ2) is 7.92. The van der Waals surface area contributed by atoms with E-state index < -0.39 is 23.1 Å². The van der Waals surface area contributed by atoms with Gasteiger partial charge in [-0.2, -0.15) is 16.8 Å². The first-order valence-electron chi connectivity index (χ1n) is 8.53. The van der Waals surface area contributed by atoms with Gasteiger partial charge in [0.1, 0.15) is 30.4 Å². The summed E-state index contributed by atoms with van der Waals surface area (Å²) >= 11 is 2.91. The van der Waals surface area contributed by atoms with Crippen LogP contribution in [0, 0.1) is 11.6 Å². The van der Waals surface area contributed by atoms with Crippen LogP contribution < -0.4 is 14.3 Å². The number of hydrogen-bond donors (Lipinski definition) is 0. The minimum Gasteiger partial charge on any atom is -0.486 e. The molecule has 1 aromatic heterocycles. The van der Waals surface area contributed by atoms with E-state index in [1.165, 1.54) is 17.4 Å². The molecule has 0 saturated carbocycles. The molecule has 0 aliphatic carbocycles. The Morgan fingerprint density at radius 2 is 1.89 bits per heavy atom. The van der Waals surface area contributed by atoms with Crippen LogP contribution in [0.2, 0.25) is 0 Å². The van der Waals surface area contributed by atoms with E-state index in [9.17, 15) is 13.6 Å². The SMILES string of the molecule is CSCCn1c(=NC(=O)c2c(F)cccc2F)sc2cc3c(cc21)OCCO3. The average molecular weight is 422 g/mol. The summed E-state index contributed by atoms with van der Waals surface area (Å²) in [6, 6.07) is 7.00. The van der Waals surface area contributed by atoms with Gasteiger partial charge in [0.2, 0.25) is 0 Å². The molecule has 0 N–H and O–H groups in total. The van der Waals surface area contributed by atoms with Crippen molar-refractivity contribution in [2.45, 2.75) is 6.54 Å². The zero-order chi connectivity index (χ0) is 19.7. The summed E-state index contributed by atoms with van der Waals surface area (Å²) in [4.78, 5) is 16.9. The molecular formula is C19H16F2N2O3S2. The summed E-state index contributed by atoms with van der Waals surface area (Å²) in [5.74, 6) is -0.749. The van der Waals surface area contributed by atoms with E-state index in [-0.39, 0.29) is 0 Å². The summed E-state index contributed by atoms with van der Waals surface area (Å²) < 4.78 is 41.9. The van der Waals surface area contributed by atoms with E-state index in [4.69, 9.17) is 9.47 Å². The van der Waals surface area contributed by atoms with Crippen molar-refractivity contribution in [2.75, 3.05) is 25.2 Å². The fourth-order valence-corrected chi connectivity index (χ4v) is 4.37. The number of rotatable bonds is 4. The zero-order valence-corrected chi connectivity index (χ0v) is 16.5. The van der Waals surface area contributed by atoms with Crippen molar-refractivity contribution < 1.29 is 23.0 Å². The fourth-order valence-electron chi connectivity index (χ4n) is 2.94. The second-order valence-corrected chi connectivity index (χ2v) is 8.00. The number of aromatic nitrogens is 1. The predicted molar refractivity (Wildman–Crippen MR) is 105 cm³/mol. The molecule has 3 aromatic rings. The first-order valence-corrected chi connectivity index (χ1v) is 10.7. The van der Waals surface area contributed by atoms with Crippen molar-refractivity contribution in [1.29, 1.82) is 0 Å². The van der Waals surface area contributed by atoms with Gasteiger partial charge in [-0.3, -0.25) is 4.79 Å². The molecule has 5 nitrogen and oxygen atoms in total. The minimum atomic E-state index is -0.947. The highest BCUT2D eigenvalue weighted by molar-refractivity contribution is 7.98. The maximum absolute atomic E-state index is 14.0. The fraction of sp³-hybridized carbons (Fsp3) is 0.263. The molecule has 0 fully saturated rings. The Hall–Kier alpha value is -2.39. The van der Waals surface area contributed by atoms with Gasteiger partial charge < -0.3 is 14.0 Å². The van der Waals surface area contributed by atoms with Crippen LogP contribution in [0.25, 0.3) is 10.2 Å². The molecule has 0 atom stereocenters. The zero-order valence-electron chi connectivity index (χ0n) is 14.9. The lowest BCUT2D eigenvalue weighted by molar-refractivity contribution is 0.0990. The summed E-state index contributed by atoms with van der Waals surface area (Å²) in [5.41, 5.74) is 0.186. The van der Waals surface area contributed by atoms with Gasteiger partial charge in [0.25, 0.3) is 5.91 Å². The van der Waals surface area contributed by atoms with E-state index in [2.05, 4.69) is 4.99 Å². The Bertz CT molecular complexity index is 1100. The molecule has 9 heteroatoms. The number of carbonyl (C=O) groups is 1. The number of fused-ring (bicyclic) bond motifs is 2. The summed E-state index contributed by atoms with van der Waals surface area (Å²) in [5, 5.41) is 0. The highest BCUT2D eigenvalue weighted by atomic mass is 32.2. The molecule has 28 heavy (non-hydrogen) atoms. The van der Waals surface area contributed by atoms with E-state index in [1.54, 1.807) is 11.8 Å². The first-order chi connectivity index (χ1) is 13.6. The molecule has 4 rings (SSSR count). The predicted octanol–water partition coefficient (Wildman–Crippen LogP) is 3.86. The molecule has 0 saturated heterocycles. The molecule has 1 aliphatic heterocycles. The van der Waals surface area contributed by atoms with Crippen LogP contribution in [0.3, 0.4) is 0 Å². The van der Waals surface area contributed by atoms with Crippen LogP contribution in [-0.4, -0.2) is 35.7 Å². The molecule has 146 valence electrons. The standard InChI is InChI=1S/C19H16F2N2O3S2/c1-27-8-5-23-13-9-14-15(26-7-6-25-14)10-16(13)28-19(23)22-18(24)17-11(20)3-2-4-12(17)21/h2-4,9-10H,5-8H2,1H3. The number of ether oxygens (including phenoxy) is 2. The van der Waals surface area contributed by atoms with Crippen molar-refractivity contribution in [3.63, 3.8) is 0 Å². The number of amides is 1. The smallest absolute Gasteiger partial charge is 0.285 e. The van der Waals surface area contributed by atoms with Crippen LogP contribution in [-0.2, 0) is 6.54 Å². The van der Waals surface area contributed by atoms with Crippen molar-refractivity contribution in [3.05, 3.63) is 52.3 Å². The van der Waals surface area contributed by atoms with E-state index in [1.807, 2.05) is 23.0 Å². The lowest BCUT2D eigenvalue weighted by Gasteiger charge is -2.18. The third-order valence-corrected chi connectivity index (χ3v) is 5.87. The Morgan fingerprint density at radius 1 is 1.21 bits per heavy atom. The Morgan fingerprint density at radius 3 is 2.57 bits per heavy atom. The number of thiazole rings is 1. The highest BCUT2D eigenvalue weighted by Gasteiger charge is 2.19. The molecule has 0 spiro atoms. The molecule has 1 amide bonds. The number of benzene rings is 2. The maximum Gasteiger partial charge on any atom is 0.285 e. The number of carbonyl (C=O) groups excluding carboxylic acids is 1. The van der Waals surface area contributed by atoms with Crippen LogP contribution in [0.15, 0.2) is 35.3 Å². The number of thioether (sulfide) groups is 1. The Kier molecular flexibility index (Phi) is 5.36. The van der Waals surface area contributed by atoms with Crippen molar-refractivity contribution in [2.24, 2.45) is 4.99 Å². The lowest BCUT2D eigenvalue weighted by Crippen LogP contribution is -2.19. The van der Waals surface area contributed by atoms with Crippen molar-refractivity contribution in [1.82, 2.24) is 4.57 Å². The average Bonchev–Trinajstić information content (AvgIpc) is 3.00. The van der Waals surface area contributed by atoms with E-state index >= 15 is 0 Å². The van der Waals surface area contributed by atoms with Gasteiger partial charge >= 0.3 is 0 Å². The van der Waals surface area contributed by atoms with Crippen LogP contribution >= 0.6 is 23.1 Å². The van der Waals surface area contributed by atoms with Gasteiger partial charge in [-0.25, -0.2) is 8.78 Å². The Balaban J connectivity index is 1.87. The molecule has 0 radical (unpaired) electrons. The number of nitrogens with zero attached hydrogens (tertiary/aromatic N) is 2. The van der Waals surface area contributed by atoms with Crippen LogP contribution in [0.5, 0.6) is 11.5 Å². The molecule has 1 aliphatic rings. The summed E-state index contributed by atoms with van der Waals surface area (Å²) in [6.45, 7) is 1.53. The van der Waals surface area contributed by atoms with Crippen LogP contribution in [0.4, 0.5) is 8.78 Å². The number of halogens is 2. The van der Waals surface area contributed by atoms with E-state index in [0.29, 0.717) is 36.1 Å². The van der Waals surface area contributed by atoms with Crippen molar-refractivity contribution in [3.8, 4) is 11.5 Å². The van der Waals surface area contributed by atoms with Gasteiger partial charge in [0, 0.05) is 24.4 Å². The molecule has 2 aromatic carbocycles. The molecule has 2 heterocycles. The second-order valence-electron chi connectivity index (χ2n) is 6.01. The molecule has 0 unspecified atom stereocenters. The minimum absolute atomic E-state index is 0.374. The first kappa shape index (κ1) is 18.9. The van der Waals surface area contributed by atoms with Crippen LogP contribution in [0.1, 0.15) is 10.4 Å². The third-order valence-electron chi connectivity index (χ3n) is 4.24. The maximum atomic E-state index is 14.0. The quantitative estimate of drug-likeness (QED) is 0.641. The normalized spacial score (nSPS) is 13.9. The third kappa shape index (κ3) is 3.51. The Labute approximate surface area is 167 Å². The summed E-state index contributed by atoms with van der Waals surface area (Å²) in [6.07, 6.45) is 1.98. The van der Waals surface area contributed by atoms with E-state index in [0.717, 1.165) is 28.1 Å². The number of hydrogen-bond acceptors (Lipinski definition) is 5. The van der Waals surface area contributed by atoms with Gasteiger partial charge in [-0.1, -0.05) is 17.4 Å². The summed E-state index contributed by atoms with van der Waals surface area (Å²) in [7, 11) is 0. The molecular weight excluding hydrogens is 406 g/mol. The largest absolute Gasteiger partial charge is 0.486 e. The number of aryl methyl sites for hydroxylation is 1. The van der Waals surface area contributed by atoms with Gasteiger partial charge in [0.05, 0.1) is 10.2 Å². The van der Waals surface area contributed by atoms with Crippen molar-refractivity contribution >= 4 is 39.2 Å². The van der Waals surface area contributed by atoms with Gasteiger partial charge in [-0.15, -0.1) is 0 Å². The van der Waals surface area contributed by atoms with Gasteiger partial charge in [-0.05, 0) is 18.4 Å². The monoisotopic (exact) mass is 422 g/mol. The lowest BCUT2D eigenvalue weighted by atomic mass is 10.2. The highest BCUT2D eigenvalue weighted by Crippen LogP contribution is 2.35. The molecule has 0 bridgehead atoms. The topological polar surface area (TPSA) is 52.8 Å². The van der Waals surface area contributed by atoms with Gasteiger partial charge in [0.15, 0.2) is 16.3 Å².